The third kappa shape index (κ3) is 2.30. The maximum absolute atomic E-state index is 11.7. The van der Waals surface area contributed by atoms with Crippen LogP contribution in [0, 0.1) is 0 Å². The Morgan fingerprint density at radius 1 is 1.54 bits per heavy atom. The highest BCUT2D eigenvalue weighted by molar-refractivity contribution is 7.95. The molecule has 0 N–H and O–H groups in total. The first-order valence-electron chi connectivity index (χ1n) is 4.56. The van der Waals surface area contributed by atoms with Gasteiger partial charge >= 0.3 is 0 Å². The molecule has 1 rings (SSSR count). The van der Waals surface area contributed by atoms with Gasteiger partial charge in [0.1, 0.15) is 12.0 Å². The molecule has 0 radical (unpaired) electrons. The van der Waals surface area contributed by atoms with Crippen molar-refractivity contribution in [3.8, 4) is 0 Å². The van der Waals surface area contributed by atoms with Crippen LogP contribution in [-0.2, 0) is 4.79 Å². The van der Waals surface area contributed by atoms with E-state index in [4.69, 9.17) is 11.6 Å². The van der Waals surface area contributed by atoms with Gasteiger partial charge in [0, 0.05) is 18.7 Å². The Kier molecular flexibility index (Phi) is 4.35. The highest BCUT2D eigenvalue weighted by Crippen LogP contribution is 2.31. The molecule has 0 aromatic carbocycles. The van der Waals surface area contributed by atoms with Crippen molar-refractivity contribution in [2.45, 2.75) is 32.7 Å². The Hall–Kier alpha value is 0.0700. The molecule has 1 amide bonds. The molecule has 1 saturated heterocycles. The molecule has 1 aliphatic rings. The van der Waals surface area contributed by atoms with Crippen molar-refractivity contribution in [2.24, 2.45) is 0 Å². The van der Waals surface area contributed by atoms with Crippen LogP contribution in [0.5, 0.6) is 0 Å². The minimum absolute atomic E-state index is 0.0405. The molecule has 0 aromatic heterocycles. The fraction of sp³-hybridized carbons (Fsp3) is 0.875. The first-order valence-corrected chi connectivity index (χ1v) is 5.83. The number of carbonyl (C=O) groups is 1. The third-order valence-corrected chi connectivity index (χ3v) is 3.67. The maximum Gasteiger partial charge on any atom is 0.252 e. The summed E-state index contributed by atoms with van der Waals surface area (Å²) in [5.74, 6) is 0.156. The quantitative estimate of drug-likeness (QED) is 0.414. The first kappa shape index (κ1) is 11.1. The molecule has 0 saturated carbocycles. The van der Waals surface area contributed by atoms with Crippen LogP contribution < -0.4 is 0 Å². The van der Waals surface area contributed by atoms with Crippen LogP contribution in [0.3, 0.4) is 0 Å². The van der Waals surface area contributed by atoms with E-state index in [9.17, 15) is 4.79 Å². The van der Waals surface area contributed by atoms with Gasteiger partial charge in [0.2, 0.25) is 0 Å². The van der Waals surface area contributed by atoms with E-state index < -0.39 is 0 Å². The number of carbonyl (C=O) groups excluding carboxylic acids is 1. The average Bonchev–Trinajstić information content (AvgIpc) is 2.45. The lowest BCUT2D eigenvalue weighted by Gasteiger charge is -2.16. The SMILES string of the molecule is CCCC1C(=O)N(CCl)SN1CC. The summed E-state index contributed by atoms with van der Waals surface area (Å²) in [5.41, 5.74) is 0. The predicted octanol–water partition coefficient (Wildman–Crippen LogP) is 2.08. The van der Waals surface area contributed by atoms with Crippen molar-refractivity contribution in [1.29, 1.82) is 0 Å². The van der Waals surface area contributed by atoms with Crippen LogP contribution >= 0.6 is 23.7 Å². The summed E-state index contributed by atoms with van der Waals surface area (Å²) in [5, 5.41) is 0. The number of likely N-dealkylation sites (N-methyl/N-ethyl adjacent to an activating group) is 1. The zero-order valence-electron chi connectivity index (χ0n) is 7.99. The van der Waals surface area contributed by atoms with E-state index in [0.717, 1.165) is 19.4 Å². The molecule has 1 aliphatic heterocycles. The summed E-state index contributed by atoms with van der Waals surface area (Å²) >= 11 is 7.10. The van der Waals surface area contributed by atoms with E-state index in [0.29, 0.717) is 0 Å². The summed E-state index contributed by atoms with van der Waals surface area (Å²) in [6.45, 7) is 5.03. The summed E-state index contributed by atoms with van der Waals surface area (Å²) in [4.78, 5) is 11.7. The lowest BCUT2D eigenvalue weighted by Crippen LogP contribution is -2.32. The van der Waals surface area contributed by atoms with Crippen LogP contribution in [0.1, 0.15) is 26.7 Å². The number of halogens is 1. The van der Waals surface area contributed by atoms with Gasteiger partial charge in [0.05, 0.1) is 0 Å². The van der Waals surface area contributed by atoms with Crippen molar-refractivity contribution < 1.29 is 4.79 Å². The summed E-state index contributed by atoms with van der Waals surface area (Å²) < 4.78 is 3.71. The molecule has 13 heavy (non-hydrogen) atoms. The topological polar surface area (TPSA) is 23.6 Å². The molecule has 1 heterocycles. The summed E-state index contributed by atoms with van der Waals surface area (Å²) in [6.07, 6.45) is 1.96. The molecule has 76 valence electrons. The van der Waals surface area contributed by atoms with E-state index >= 15 is 0 Å². The molecular weight excluding hydrogens is 208 g/mol. The highest BCUT2D eigenvalue weighted by atomic mass is 35.5. The zero-order valence-corrected chi connectivity index (χ0v) is 9.57. The van der Waals surface area contributed by atoms with Crippen molar-refractivity contribution in [1.82, 2.24) is 8.61 Å². The molecule has 0 aromatic rings. The Morgan fingerprint density at radius 3 is 2.69 bits per heavy atom. The van der Waals surface area contributed by atoms with Gasteiger partial charge in [0.25, 0.3) is 5.91 Å². The van der Waals surface area contributed by atoms with Gasteiger partial charge in [-0.3, -0.25) is 9.10 Å². The van der Waals surface area contributed by atoms with Gasteiger partial charge in [-0.1, -0.05) is 20.3 Å². The Morgan fingerprint density at radius 2 is 2.23 bits per heavy atom. The first-order chi connectivity index (χ1) is 6.24. The van der Waals surface area contributed by atoms with Crippen LogP contribution in [-0.4, -0.2) is 33.1 Å². The molecule has 1 atom stereocenters. The predicted molar refractivity (Wildman–Crippen MR) is 56.2 cm³/mol. The fourth-order valence-corrected chi connectivity index (χ4v) is 2.59. The maximum atomic E-state index is 11.7. The van der Waals surface area contributed by atoms with E-state index in [2.05, 4.69) is 18.2 Å². The number of alkyl halides is 1. The van der Waals surface area contributed by atoms with E-state index in [1.54, 1.807) is 4.31 Å². The van der Waals surface area contributed by atoms with Crippen LogP contribution in [0.2, 0.25) is 0 Å². The second kappa shape index (κ2) is 5.08. The van der Waals surface area contributed by atoms with Gasteiger partial charge in [-0.2, -0.15) is 0 Å². The largest absolute Gasteiger partial charge is 0.272 e. The molecule has 0 spiro atoms. The second-order valence-corrected chi connectivity index (χ2v) is 4.27. The van der Waals surface area contributed by atoms with Crippen molar-refractivity contribution in [3.63, 3.8) is 0 Å². The lowest BCUT2D eigenvalue weighted by molar-refractivity contribution is -0.127. The van der Waals surface area contributed by atoms with Gasteiger partial charge in [-0.15, -0.1) is 11.6 Å². The number of nitrogens with zero attached hydrogens (tertiary/aromatic N) is 2. The second-order valence-electron chi connectivity index (χ2n) is 2.96. The van der Waals surface area contributed by atoms with Crippen LogP contribution in [0.15, 0.2) is 0 Å². The van der Waals surface area contributed by atoms with Crippen molar-refractivity contribution >= 4 is 29.6 Å². The van der Waals surface area contributed by atoms with Gasteiger partial charge in [-0.05, 0) is 6.42 Å². The number of hydrogen-bond donors (Lipinski definition) is 0. The zero-order chi connectivity index (χ0) is 9.84. The molecule has 3 nitrogen and oxygen atoms in total. The summed E-state index contributed by atoms with van der Waals surface area (Å²) in [7, 11) is 0. The molecular formula is C8H15ClN2OS. The summed E-state index contributed by atoms with van der Waals surface area (Å²) in [6, 6.07) is 0.318. The van der Waals surface area contributed by atoms with E-state index in [1.807, 2.05) is 0 Å². The minimum atomic E-state index is 0.0405. The molecule has 0 aliphatic carbocycles. The molecule has 1 fully saturated rings. The molecule has 0 bridgehead atoms. The number of amides is 1. The van der Waals surface area contributed by atoms with Crippen molar-refractivity contribution in [3.05, 3.63) is 0 Å². The Balaban J connectivity index is 2.62. The molecule has 5 heteroatoms. The van der Waals surface area contributed by atoms with Crippen molar-refractivity contribution in [2.75, 3.05) is 12.5 Å². The smallest absolute Gasteiger partial charge is 0.252 e. The number of rotatable bonds is 4. The Bertz CT molecular complexity index is 191. The molecule has 1 unspecified atom stereocenters. The van der Waals surface area contributed by atoms with Crippen LogP contribution in [0.4, 0.5) is 0 Å². The van der Waals surface area contributed by atoms with Gasteiger partial charge < -0.3 is 0 Å². The monoisotopic (exact) mass is 222 g/mol. The van der Waals surface area contributed by atoms with Crippen LogP contribution in [0.25, 0.3) is 0 Å². The van der Waals surface area contributed by atoms with E-state index in [1.165, 1.54) is 12.1 Å². The normalized spacial score (nSPS) is 24.4. The lowest BCUT2D eigenvalue weighted by atomic mass is 10.1. The standard InChI is InChI=1S/C8H15ClN2OS/c1-3-5-7-8(12)11(6-9)13-10(7)4-2/h7H,3-6H2,1-2H3. The fourth-order valence-electron chi connectivity index (χ4n) is 1.41. The highest BCUT2D eigenvalue weighted by Gasteiger charge is 2.37. The number of hydrogen-bond acceptors (Lipinski definition) is 3. The van der Waals surface area contributed by atoms with Gasteiger partial charge in [0.15, 0.2) is 0 Å². The average molecular weight is 223 g/mol. The third-order valence-electron chi connectivity index (χ3n) is 2.06. The minimum Gasteiger partial charge on any atom is -0.272 e. The van der Waals surface area contributed by atoms with E-state index in [-0.39, 0.29) is 18.0 Å². The Labute approximate surface area is 88.7 Å². The van der Waals surface area contributed by atoms with Gasteiger partial charge in [-0.25, -0.2) is 4.31 Å².